The number of benzene rings is 2. The SMILES string of the molecule is CCOc1ccc(-c2cc(F)c(C(F)(F)Cl)c(F)c2)cc1. The zero-order valence-electron chi connectivity index (χ0n) is 11.0. The van der Waals surface area contributed by atoms with Crippen LogP contribution < -0.4 is 4.74 Å². The van der Waals surface area contributed by atoms with Gasteiger partial charge in [-0.2, -0.15) is 8.78 Å². The lowest BCUT2D eigenvalue weighted by Crippen LogP contribution is -2.10. The highest BCUT2D eigenvalue weighted by Gasteiger charge is 2.35. The summed E-state index contributed by atoms with van der Waals surface area (Å²) in [5.74, 6) is -2.18. The van der Waals surface area contributed by atoms with E-state index in [0.717, 1.165) is 12.1 Å². The van der Waals surface area contributed by atoms with E-state index in [1.54, 1.807) is 24.3 Å². The molecule has 0 atom stereocenters. The number of ether oxygens (including phenoxy) is 1. The van der Waals surface area contributed by atoms with Crippen LogP contribution in [0, 0.1) is 11.6 Å². The lowest BCUT2D eigenvalue weighted by molar-refractivity contribution is 0.0859. The summed E-state index contributed by atoms with van der Waals surface area (Å²) in [7, 11) is 0. The number of alkyl halides is 3. The first-order valence-corrected chi connectivity index (χ1v) is 6.50. The first-order chi connectivity index (χ1) is 9.82. The Morgan fingerprint density at radius 2 is 1.52 bits per heavy atom. The number of hydrogen-bond donors (Lipinski definition) is 0. The summed E-state index contributed by atoms with van der Waals surface area (Å²) in [4.78, 5) is 0. The molecule has 0 saturated heterocycles. The van der Waals surface area contributed by atoms with Gasteiger partial charge in [-0.05, 0) is 53.9 Å². The number of halogens is 5. The van der Waals surface area contributed by atoms with E-state index in [1.165, 1.54) is 0 Å². The van der Waals surface area contributed by atoms with Gasteiger partial charge in [0.2, 0.25) is 0 Å². The maximum Gasteiger partial charge on any atom is 0.353 e. The summed E-state index contributed by atoms with van der Waals surface area (Å²) < 4.78 is 58.4. The van der Waals surface area contributed by atoms with E-state index in [-0.39, 0.29) is 5.56 Å². The molecule has 0 amide bonds. The molecular formula is C15H11ClF4O. The second-order valence-electron chi connectivity index (χ2n) is 4.27. The Morgan fingerprint density at radius 3 is 1.95 bits per heavy atom. The highest BCUT2D eigenvalue weighted by Crippen LogP contribution is 2.37. The Morgan fingerprint density at radius 1 is 1.00 bits per heavy atom. The molecule has 0 aliphatic heterocycles. The van der Waals surface area contributed by atoms with E-state index in [1.807, 2.05) is 6.92 Å². The molecule has 0 saturated carbocycles. The van der Waals surface area contributed by atoms with E-state index in [9.17, 15) is 17.6 Å². The van der Waals surface area contributed by atoms with Gasteiger partial charge in [-0.15, -0.1) is 0 Å². The van der Waals surface area contributed by atoms with Crippen molar-refractivity contribution in [2.24, 2.45) is 0 Å². The lowest BCUT2D eigenvalue weighted by atomic mass is 10.0. The Labute approximate surface area is 124 Å². The van der Waals surface area contributed by atoms with Crippen LogP contribution in [0.5, 0.6) is 5.75 Å². The quantitative estimate of drug-likeness (QED) is 0.547. The van der Waals surface area contributed by atoms with Gasteiger partial charge in [0, 0.05) is 0 Å². The predicted octanol–water partition coefficient (Wildman–Crippen LogP) is 5.32. The molecule has 0 fully saturated rings. The van der Waals surface area contributed by atoms with Crippen LogP contribution >= 0.6 is 11.6 Å². The van der Waals surface area contributed by atoms with Crippen molar-refractivity contribution in [2.45, 2.75) is 12.3 Å². The first-order valence-electron chi connectivity index (χ1n) is 6.12. The maximum absolute atomic E-state index is 13.7. The molecule has 21 heavy (non-hydrogen) atoms. The van der Waals surface area contributed by atoms with Crippen molar-refractivity contribution in [3.8, 4) is 16.9 Å². The average Bonchev–Trinajstić information content (AvgIpc) is 2.37. The van der Waals surface area contributed by atoms with Crippen LogP contribution in [-0.4, -0.2) is 6.61 Å². The van der Waals surface area contributed by atoms with Crippen LogP contribution in [0.1, 0.15) is 12.5 Å². The van der Waals surface area contributed by atoms with Gasteiger partial charge < -0.3 is 4.74 Å². The molecule has 112 valence electrons. The second-order valence-corrected chi connectivity index (χ2v) is 4.74. The monoisotopic (exact) mass is 318 g/mol. The third kappa shape index (κ3) is 3.47. The van der Waals surface area contributed by atoms with Crippen LogP contribution in [0.15, 0.2) is 36.4 Å². The highest BCUT2D eigenvalue weighted by molar-refractivity contribution is 6.21. The topological polar surface area (TPSA) is 9.23 Å². The molecule has 0 aliphatic rings. The Bertz CT molecular complexity index is 612. The molecule has 0 aliphatic carbocycles. The Kier molecular flexibility index (Phi) is 4.42. The minimum Gasteiger partial charge on any atom is -0.494 e. The first kappa shape index (κ1) is 15.6. The minimum absolute atomic E-state index is 0.137. The van der Waals surface area contributed by atoms with E-state index < -0.39 is 22.6 Å². The van der Waals surface area contributed by atoms with Gasteiger partial charge in [-0.25, -0.2) is 8.78 Å². The molecule has 2 aromatic carbocycles. The summed E-state index contributed by atoms with van der Waals surface area (Å²) in [6.07, 6.45) is 0. The summed E-state index contributed by atoms with van der Waals surface area (Å²) in [6, 6.07) is 8.06. The van der Waals surface area contributed by atoms with E-state index in [2.05, 4.69) is 0 Å². The van der Waals surface area contributed by atoms with Crippen molar-refractivity contribution in [3.63, 3.8) is 0 Å². The molecule has 1 nitrogen and oxygen atoms in total. The van der Waals surface area contributed by atoms with Gasteiger partial charge in [0.05, 0.1) is 6.61 Å². The number of hydrogen-bond acceptors (Lipinski definition) is 1. The van der Waals surface area contributed by atoms with Crippen LogP contribution in [0.4, 0.5) is 17.6 Å². The zero-order valence-corrected chi connectivity index (χ0v) is 11.7. The smallest absolute Gasteiger partial charge is 0.353 e. The van der Waals surface area contributed by atoms with Crippen LogP contribution in [-0.2, 0) is 5.38 Å². The summed E-state index contributed by atoms with van der Waals surface area (Å²) in [5.41, 5.74) is -0.836. The lowest BCUT2D eigenvalue weighted by Gasteiger charge is -2.12. The van der Waals surface area contributed by atoms with Gasteiger partial charge in [0.25, 0.3) is 0 Å². The molecule has 0 aromatic heterocycles. The fourth-order valence-corrected chi connectivity index (χ4v) is 2.10. The van der Waals surface area contributed by atoms with Crippen molar-refractivity contribution >= 4 is 11.6 Å². The molecular weight excluding hydrogens is 308 g/mol. The van der Waals surface area contributed by atoms with Crippen LogP contribution in [0.3, 0.4) is 0 Å². The average molecular weight is 319 g/mol. The zero-order chi connectivity index (χ0) is 15.6. The van der Waals surface area contributed by atoms with Crippen LogP contribution in [0.25, 0.3) is 11.1 Å². The molecule has 0 spiro atoms. The summed E-state index contributed by atoms with van der Waals surface area (Å²) >= 11 is 4.69. The van der Waals surface area contributed by atoms with Gasteiger partial charge >= 0.3 is 5.38 Å². The van der Waals surface area contributed by atoms with E-state index in [4.69, 9.17) is 16.3 Å². The molecule has 0 bridgehead atoms. The van der Waals surface area contributed by atoms with Crippen molar-refractivity contribution in [2.75, 3.05) is 6.61 Å². The second kappa shape index (κ2) is 5.93. The minimum atomic E-state index is -4.09. The van der Waals surface area contributed by atoms with Gasteiger partial charge in [-0.1, -0.05) is 12.1 Å². The summed E-state index contributed by atoms with van der Waals surface area (Å²) in [5, 5.41) is -4.09. The Hall–Kier alpha value is -1.75. The molecule has 0 unspecified atom stereocenters. The highest BCUT2D eigenvalue weighted by atomic mass is 35.5. The van der Waals surface area contributed by atoms with Crippen molar-refractivity contribution in [1.82, 2.24) is 0 Å². The normalized spacial score (nSPS) is 11.5. The van der Waals surface area contributed by atoms with Crippen LogP contribution in [0.2, 0.25) is 0 Å². The molecule has 0 N–H and O–H groups in total. The molecule has 2 rings (SSSR count). The number of rotatable bonds is 4. The van der Waals surface area contributed by atoms with E-state index >= 15 is 0 Å². The van der Waals surface area contributed by atoms with Crippen molar-refractivity contribution in [3.05, 3.63) is 53.6 Å². The molecule has 2 aromatic rings. The maximum atomic E-state index is 13.7. The van der Waals surface area contributed by atoms with Gasteiger partial charge in [0.1, 0.15) is 22.9 Å². The third-order valence-electron chi connectivity index (χ3n) is 2.82. The van der Waals surface area contributed by atoms with Gasteiger partial charge in [0.15, 0.2) is 0 Å². The molecule has 0 heterocycles. The van der Waals surface area contributed by atoms with E-state index in [0.29, 0.717) is 17.9 Å². The fourth-order valence-electron chi connectivity index (χ4n) is 1.92. The molecule has 0 radical (unpaired) electrons. The Balaban J connectivity index is 2.42. The molecule has 6 heteroatoms. The third-order valence-corrected chi connectivity index (χ3v) is 3.01. The fraction of sp³-hybridized carbons (Fsp3) is 0.200. The standard InChI is InChI=1S/C15H11ClF4O/c1-2-21-11-5-3-9(4-6-11)10-7-12(17)14(13(18)8-10)15(16,19)20/h3-8H,2H2,1H3. The van der Waals surface area contributed by atoms with Crippen molar-refractivity contribution in [1.29, 1.82) is 0 Å². The largest absolute Gasteiger partial charge is 0.494 e. The summed E-state index contributed by atoms with van der Waals surface area (Å²) in [6.45, 7) is 2.31. The predicted molar refractivity (Wildman–Crippen MR) is 72.7 cm³/mol. The van der Waals surface area contributed by atoms with Crippen molar-refractivity contribution < 1.29 is 22.3 Å². The van der Waals surface area contributed by atoms with Gasteiger partial charge in [-0.3, -0.25) is 0 Å².